The summed E-state index contributed by atoms with van der Waals surface area (Å²) in [6.07, 6.45) is -3.80. The van der Waals surface area contributed by atoms with Crippen molar-refractivity contribution in [3.05, 3.63) is 58.5 Å². The Morgan fingerprint density at radius 2 is 1.84 bits per heavy atom. The smallest absolute Gasteiger partial charge is 0.324 e. The van der Waals surface area contributed by atoms with Crippen LogP contribution in [0.1, 0.15) is 5.56 Å². The van der Waals surface area contributed by atoms with Crippen LogP contribution in [-0.4, -0.2) is 16.2 Å². The number of aromatic nitrogens is 1. The Morgan fingerprint density at radius 3 is 2.48 bits per heavy atom. The molecule has 1 aromatic carbocycles. The Balaban J connectivity index is 2.19. The van der Waals surface area contributed by atoms with Gasteiger partial charge in [0.15, 0.2) is 0 Å². The molecule has 25 heavy (non-hydrogen) atoms. The lowest BCUT2D eigenvalue weighted by molar-refractivity contribution is -0.139. The zero-order valence-corrected chi connectivity index (χ0v) is 13.2. The van der Waals surface area contributed by atoms with Gasteiger partial charge in [0.2, 0.25) is 5.91 Å². The second-order valence-corrected chi connectivity index (χ2v) is 5.81. The van der Waals surface area contributed by atoms with Gasteiger partial charge in [-0.1, -0.05) is 23.9 Å². The van der Waals surface area contributed by atoms with Crippen molar-refractivity contribution in [3.63, 3.8) is 0 Å². The van der Waals surface area contributed by atoms with Gasteiger partial charge in [-0.25, -0.2) is 0 Å². The van der Waals surface area contributed by atoms with Gasteiger partial charge in [0.25, 0.3) is 11.3 Å². The van der Waals surface area contributed by atoms with E-state index in [9.17, 15) is 31.5 Å². The van der Waals surface area contributed by atoms with Crippen molar-refractivity contribution < 1.29 is 26.7 Å². The lowest BCUT2D eigenvalue weighted by atomic mass is 10.2. The van der Waals surface area contributed by atoms with Crippen molar-refractivity contribution in [1.82, 2.24) is 4.57 Å². The summed E-state index contributed by atoms with van der Waals surface area (Å²) in [5.74, 6) is -3.52. The predicted octanol–water partition coefficient (Wildman–Crippen LogP) is 3.82. The van der Waals surface area contributed by atoms with Crippen LogP contribution in [0.15, 0.2) is 52.3 Å². The molecule has 134 valence electrons. The Morgan fingerprint density at radius 1 is 1.16 bits per heavy atom. The number of amides is 1. The topological polar surface area (TPSA) is 51.1 Å². The van der Waals surface area contributed by atoms with Crippen LogP contribution in [0.3, 0.4) is 0 Å². The summed E-state index contributed by atoms with van der Waals surface area (Å²) in [5, 5.41) is 2.32. The maximum atomic E-state index is 12.7. The fourth-order valence-corrected chi connectivity index (χ4v) is 2.59. The first-order valence-corrected chi connectivity index (χ1v) is 7.67. The molecule has 0 saturated heterocycles. The van der Waals surface area contributed by atoms with E-state index in [0.717, 1.165) is 12.3 Å². The summed E-state index contributed by atoms with van der Waals surface area (Å²) in [4.78, 5) is 23.9. The highest BCUT2D eigenvalue weighted by molar-refractivity contribution is 7.99. The zero-order valence-electron chi connectivity index (χ0n) is 12.4. The number of carbonyl (C=O) groups is 1. The molecule has 0 atom stereocenters. The lowest BCUT2D eigenvalue weighted by Gasteiger charge is -2.12. The van der Waals surface area contributed by atoms with E-state index in [-0.39, 0.29) is 22.3 Å². The normalized spacial score (nSPS) is 11.6. The number of nitrogens with zero attached hydrogens (tertiary/aromatic N) is 1. The van der Waals surface area contributed by atoms with E-state index in [2.05, 4.69) is 5.32 Å². The van der Waals surface area contributed by atoms with Gasteiger partial charge in [-0.2, -0.15) is 22.0 Å². The fourth-order valence-electron chi connectivity index (χ4n) is 1.99. The fraction of sp³-hybridized carbons (Fsp3) is 0.200. The summed E-state index contributed by atoms with van der Waals surface area (Å²) >= 11 is 0.217. The SMILES string of the molecule is O=C(Cn1cccc(C(F)(F)F)c1=O)Nc1ccccc1SC(F)F. The van der Waals surface area contributed by atoms with Crippen LogP contribution >= 0.6 is 11.8 Å². The molecule has 0 fully saturated rings. The number of alkyl halides is 5. The minimum absolute atomic E-state index is 0.0813. The number of hydrogen-bond donors (Lipinski definition) is 1. The Bertz CT molecular complexity index is 820. The quantitative estimate of drug-likeness (QED) is 0.636. The second-order valence-electron chi connectivity index (χ2n) is 4.78. The van der Waals surface area contributed by atoms with Gasteiger partial charge in [-0.3, -0.25) is 9.59 Å². The molecule has 0 saturated carbocycles. The third-order valence-electron chi connectivity index (χ3n) is 3.02. The third kappa shape index (κ3) is 5.05. The number of benzene rings is 1. The average Bonchev–Trinajstić information content (AvgIpc) is 2.49. The van der Waals surface area contributed by atoms with E-state index in [0.29, 0.717) is 10.6 Å². The Hall–Kier alpha value is -2.36. The number of halogens is 5. The highest BCUT2D eigenvalue weighted by Crippen LogP contribution is 2.31. The van der Waals surface area contributed by atoms with Crippen molar-refractivity contribution in [1.29, 1.82) is 0 Å². The Kier molecular flexibility index (Phi) is 5.83. The van der Waals surface area contributed by atoms with Gasteiger partial charge in [0.1, 0.15) is 12.1 Å². The maximum Gasteiger partial charge on any atom is 0.421 e. The number of thioether (sulfide) groups is 1. The molecular formula is C15H11F5N2O2S. The summed E-state index contributed by atoms with van der Waals surface area (Å²) in [5.41, 5.74) is -2.67. The number of pyridine rings is 1. The number of anilines is 1. The van der Waals surface area contributed by atoms with Crippen LogP contribution in [0.25, 0.3) is 0 Å². The molecule has 0 aliphatic heterocycles. The summed E-state index contributed by atoms with van der Waals surface area (Å²) in [7, 11) is 0. The number of hydrogen-bond acceptors (Lipinski definition) is 3. The third-order valence-corrected chi connectivity index (χ3v) is 3.80. The van der Waals surface area contributed by atoms with Crippen LogP contribution in [0, 0.1) is 0 Å². The molecule has 0 aliphatic carbocycles. The van der Waals surface area contributed by atoms with E-state index < -0.39 is 35.5 Å². The van der Waals surface area contributed by atoms with Crippen molar-refractivity contribution in [2.24, 2.45) is 0 Å². The maximum absolute atomic E-state index is 12.7. The minimum atomic E-state index is -4.84. The first-order chi connectivity index (χ1) is 11.7. The molecule has 2 aromatic rings. The summed E-state index contributed by atoms with van der Waals surface area (Å²) < 4.78 is 63.7. The van der Waals surface area contributed by atoms with Gasteiger partial charge in [0, 0.05) is 11.1 Å². The van der Waals surface area contributed by atoms with E-state index in [1.54, 1.807) is 0 Å². The number of rotatable bonds is 5. The predicted molar refractivity (Wildman–Crippen MR) is 82.6 cm³/mol. The van der Waals surface area contributed by atoms with Crippen molar-refractivity contribution >= 4 is 23.4 Å². The van der Waals surface area contributed by atoms with Gasteiger partial charge in [-0.05, 0) is 24.3 Å². The van der Waals surface area contributed by atoms with Crippen LogP contribution in [-0.2, 0) is 17.5 Å². The average molecular weight is 378 g/mol. The molecule has 2 rings (SSSR count). The van der Waals surface area contributed by atoms with Crippen molar-refractivity contribution in [3.8, 4) is 0 Å². The molecular weight excluding hydrogens is 367 g/mol. The number of nitrogens with one attached hydrogen (secondary N) is 1. The molecule has 0 spiro atoms. The standard InChI is InChI=1S/C15H11F5N2O2S/c16-14(17)25-11-6-2-1-5-10(11)21-12(23)8-22-7-3-4-9(13(22)24)15(18,19)20/h1-7,14H,8H2,(H,21,23). The summed E-state index contributed by atoms with van der Waals surface area (Å²) in [6.45, 7) is -0.684. The monoisotopic (exact) mass is 378 g/mol. The van der Waals surface area contributed by atoms with Crippen molar-refractivity contribution in [2.45, 2.75) is 23.4 Å². The molecule has 1 heterocycles. The van der Waals surface area contributed by atoms with Crippen LogP contribution in [0.4, 0.5) is 27.6 Å². The summed E-state index contributed by atoms with van der Waals surface area (Å²) in [6, 6.07) is 7.35. The van der Waals surface area contributed by atoms with E-state index in [4.69, 9.17) is 0 Å². The van der Waals surface area contributed by atoms with Crippen LogP contribution in [0.5, 0.6) is 0 Å². The highest BCUT2D eigenvalue weighted by atomic mass is 32.2. The van der Waals surface area contributed by atoms with Gasteiger partial charge in [-0.15, -0.1) is 0 Å². The highest BCUT2D eigenvalue weighted by Gasteiger charge is 2.34. The first-order valence-electron chi connectivity index (χ1n) is 6.79. The molecule has 1 aromatic heterocycles. The lowest BCUT2D eigenvalue weighted by Crippen LogP contribution is -2.32. The molecule has 0 radical (unpaired) electrons. The Labute approximate surface area is 142 Å². The van der Waals surface area contributed by atoms with E-state index in [1.165, 1.54) is 24.3 Å². The molecule has 0 unspecified atom stereocenters. The number of para-hydroxylation sites is 1. The number of carbonyl (C=O) groups excluding carboxylic acids is 1. The first kappa shape index (κ1) is 19.0. The second kappa shape index (κ2) is 7.68. The van der Waals surface area contributed by atoms with E-state index >= 15 is 0 Å². The molecule has 4 nitrogen and oxygen atoms in total. The van der Waals surface area contributed by atoms with Crippen LogP contribution < -0.4 is 10.9 Å². The molecule has 1 amide bonds. The molecule has 0 bridgehead atoms. The largest absolute Gasteiger partial charge is 0.421 e. The van der Waals surface area contributed by atoms with Gasteiger partial charge < -0.3 is 9.88 Å². The molecule has 0 aliphatic rings. The van der Waals surface area contributed by atoms with E-state index in [1.807, 2.05) is 0 Å². The van der Waals surface area contributed by atoms with Crippen LogP contribution in [0.2, 0.25) is 0 Å². The van der Waals surface area contributed by atoms with Gasteiger partial charge >= 0.3 is 6.18 Å². The minimum Gasteiger partial charge on any atom is -0.324 e. The molecule has 10 heteroatoms. The van der Waals surface area contributed by atoms with Crippen molar-refractivity contribution in [2.75, 3.05) is 5.32 Å². The zero-order chi connectivity index (χ0) is 18.6. The molecule has 1 N–H and O–H groups in total. The van der Waals surface area contributed by atoms with Gasteiger partial charge in [0.05, 0.1) is 5.69 Å².